The molecular weight excluding hydrogens is 425 g/mol. The summed E-state index contributed by atoms with van der Waals surface area (Å²) in [6.07, 6.45) is -3.08. The molecule has 3 rings (SSSR count). The molecule has 166 valence electrons. The molecule has 3 aromatic rings. The zero-order valence-corrected chi connectivity index (χ0v) is 17.4. The van der Waals surface area contributed by atoms with Crippen molar-refractivity contribution >= 4 is 17.6 Å². The van der Waals surface area contributed by atoms with Crippen molar-refractivity contribution in [3.8, 4) is 17.2 Å². The lowest BCUT2D eigenvalue weighted by atomic mass is 10.1. The fraction of sp³-hybridized carbons (Fsp3) is 0.174. The fourth-order valence-corrected chi connectivity index (χ4v) is 2.89. The van der Waals surface area contributed by atoms with Crippen molar-refractivity contribution in [2.75, 3.05) is 7.11 Å². The van der Waals surface area contributed by atoms with E-state index in [1.54, 1.807) is 18.3 Å². The lowest BCUT2D eigenvalue weighted by Gasteiger charge is -2.12. The number of aryl methyl sites for hydroxylation is 2. The number of rotatable bonds is 6. The van der Waals surface area contributed by atoms with E-state index >= 15 is 0 Å². The number of nitrogens with zero attached hydrogens (tertiary/aromatic N) is 2. The number of aliphatic imine (C=N–C) groups is 1. The highest BCUT2D eigenvalue weighted by molar-refractivity contribution is 5.83. The maximum absolute atomic E-state index is 12.9. The van der Waals surface area contributed by atoms with Crippen molar-refractivity contribution in [2.24, 2.45) is 4.99 Å². The summed E-state index contributed by atoms with van der Waals surface area (Å²) in [6, 6.07) is 12.8. The molecule has 9 heteroatoms. The molecule has 0 aliphatic heterocycles. The van der Waals surface area contributed by atoms with Gasteiger partial charge in [-0.3, -0.25) is 15.1 Å². The molecule has 6 nitrogen and oxygen atoms in total. The molecule has 0 radical (unpaired) electrons. The normalized spacial score (nSPS) is 11.6. The summed E-state index contributed by atoms with van der Waals surface area (Å²) >= 11 is 0. The van der Waals surface area contributed by atoms with E-state index in [9.17, 15) is 23.3 Å². The van der Waals surface area contributed by atoms with Gasteiger partial charge in [-0.1, -0.05) is 12.1 Å². The molecule has 0 aliphatic carbocycles. The van der Waals surface area contributed by atoms with E-state index in [1.807, 2.05) is 32.0 Å². The lowest BCUT2D eigenvalue weighted by molar-refractivity contribution is -0.385. The first-order valence-corrected chi connectivity index (χ1v) is 9.41. The molecule has 0 spiro atoms. The van der Waals surface area contributed by atoms with Gasteiger partial charge in [-0.25, -0.2) is 0 Å². The average Bonchev–Trinajstić information content (AvgIpc) is 2.74. The van der Waals surface area contributed by atoms with Crippen molar-refractivity contribution < 1.29 is 27.6 Å². The standard InChI is InChI=1S/C23H19F3N2O4/c1-14-4-5-15(2)18(10-14)27-13-16-6-8-21(22(11-16)31-3)32-20-9-7-17(23(24,25)26)12-19(20)28(29)30/h4-13H,1-3H3. The van der Waals surface area contributed by atoms with Crippen molar-refractivity contribution in [1.82, 2.24) is 0 Å². The highest BCUT2D eigenvalue weighted by Gasteiger charge is 2.33. The predicted molar refractivity (Wildman–Crippen MR) is 114 cm³/mol. The average molecular weight is 444 g/mol. The van der Waals surface area contributed by atoms with Gasteiger partial charge in [0.2, 0.25) is 5.75 Å². The number of nitro groups is 1. The minimum absolute atomic E-state index is 0.110. The number of alkyl halides is 3. The zero-order chi connectivity index (χ0) is 23.5. The second-order valence-electron chi connectivity index (χ2n) is 7.00. The third kappa shape index (κ3) is 5.23. The summed E-state index contributed by atoms with van der Waals surface area (Å²) in [6.45, 7) is 3.91. The van der Waals surface area contributed by atoms with Gasteiger partial charge in [0.25, 0.3) is 0 Å². The first-order valence-electron chi connectivity index (χ1n) is 9.41. The Morgan fingerprint density at radius 2 is 1.69 bits per heavy atom. The van der Waals surface area contributed by atoms with E-state index in [-0.39, 0.29) is 17.2 Å². The Kier molecular flexibility index (Phi) is 6.47. The van der Waals surface area contributed by atoms with E-state index in [2.05, 4.69) is 4.99 Å². The maximum atomic E-state index is 12.9. The van der Waals surface area contributed by atoms with Crippen molar-refractivity contribution in [3.63, 3.8) is 0 Å². The Hall–Kier alpha value is -3.88. The molecule has 0 saturated heterocycles. The molecule has 0 saturated carbocycles. The van der Waals surface area contributed by atoms with Crippen LogP contribution < -0.4 is 9.47 Å². The first-order chi connectivity index (χ1) is 15.1. The minimum atomic E-state index is -4.71. The summed E-state index contributed by atoms with van der Waals surface area (Å²) < 4.78 is 49.5. The Morgan fingerprint density at radius 1 is 0.969 bits per heavy atom. The summed E-state index contributed by atoms with van der Waals surface area (Å²) in [5.41, 5.74) is 1.63. The van der Waals surface area contributed by atoms with E-state index in [4.69, 9.17) is 9.47 Å². The predicted octanol–water partition coefficient (Wildman–Crippen LogP) is 6.78. The van der Waals surface area contributed by atoms with E-state index < -0.39 is 22.4 Å². The highest BCUT2D eigenvalue weighted by Crippen LogP contribution is 2.40. The van der Waals surface area contributed by atoms with Crippen molar-refractivity contribution in [1.29, 1.82) is 0 Å². The van der Waals surface area contributed by atoms with Gasteiger partial charge in [0, 0.05) is 12.3 Å². The molecule has 0 atom stereocenters. The largest absolute Gasteiger partial charge is 0.493 e. The minimum Gasteiger partial charge on any atom is -0.493 e. The van der Waals surface area contributed by atoms with Crippen LogP contribution in [0.4, 0.5) is 24.5 Å². The van der Waals surface area contributed by atoms with Gasteiger partial charge in [0.05, 0.1) is 23.3 Å². The van der Waals surface area contributed by atoms with Crippen molar-refractivity contribution in [2.45, 2.75) is 20.0 Å². The van der Waals surface area contributed by atoms with Crippen LogP contribution in [0.1, 0.15) is 22.3 Å². The van der Waals surface area contributed by atoms with Crippen LogP contribution in [0.25, 0.3) is 0 Å². The SMILES string of the molecule is COc1cc(C=Nc2cc(C)ccc2C)ccc1Oc1ccc(C(F)(F)F)cc1[N+](=O)[O-]. The molecule has 0 aromatic heterocycles. The Labute approximate surface area is 182 Å². The first kappa shape index (κ1) is 22.8. The molecule has 0 unspecified atom stereocenters. The van der Waals surface area contributed by atoms with Crippen LogP contribution in [0.15, 0.2) is 59.6 Å². The lowest BCUT2D eigenvalue weighted by Crippen LogP contribution is -2.06. The topological polar surface area (TPSA) is 74.0 Å². The summed E-state index contributed by atoms with van der Waals surface area (Å²) in [4.78, 5) is 14.8. The third-order valence-corrected chi connectivity index (χ3v) is 4.61. The van der Waals surface area contributed by atoms with E-state index in [0.717, 1.165) is 28.9 Å². The molecule has 0 fully saturated rings. The zero-order valence-electron chi connectivity index (χ0n) is 17.4. The van der Waals surface area contributed by atoms with Crippen LogP contribution in [-0.2, 0) is 6.18 Å². The molecule has 0 N–H and O–H groups in total. The molecule has 0 bridgehead atoms. The second-order valence-corrected chi connectivity index (χ2v) is 7.00. The van der Waals surface area contributed by atoms with E-state index in [0.29, 0.717) is 11.6 Å². The van der Waals surface area contributed by atoms with Crippen LogP contribution in [0.3, 0.4) is 0 Å². The Morgan fingerprint density at radius 3 is 2.34 bits per heavy atom. The van der Waals surface area contributed by atoms with Gasteiger partial charge in [-0.2, -0.15) is 13.2 Å². The van der Waals surface area contributed by atoms with Crippen LogP contribution in [0.2, 0.25) is 0 Å². The molecule has 32 heavy (non-hydrogen) atoms. The molecule has 0 aliphatic rings. The monoisotopic (exact) mass is 444 g/mol. The van der Waals surface area contributed by atoms with Gasteiger partial charge < -0.3 is 9.47 Å². The van der Waals surface area contributed by atoms with Crippen LogP contribution in [0.5, 0.6) is 17.2 Å². The van der Waals surface area contributed by atoms with Crippen LogP contribution in [0, 0.1) is 24.0 Å². The number of ether oxygens (including phenoxy) is 2. The molecule has 3 aromatic carbocycles. The summed E-state index contributed by atoms with van der Waals surface area (Å²) in [5.74, 6) is 0.0152. The number of halogens is 3. The number of nitro benzene ring substituents is 1. The fourth-order valence-electron chi connectivity index (χ4n) is 2.89. The second kappa shape index (κ2) is 9.09. The van der Waals surface area contributed by atoms with E-state index in [1.165, 1.54) is 13.2 Å². The number of benzene rings is 3. The van der Waals surface area contributed by atoms with Gasteiger partial charge >= 0.3 is 11.9 Å². The quantitative estimate of drug-likeness (QED) is 0.239. The van der Waals surface area contributed by atoms with Crippen LogP contribution >= 0.6 is 0 Å². The summed E-state index contributed by atoms with van der Waals surface area (Å²) in [5, 5.41) is 11.3. The Bertz CT molecular complexity index is 1190. The molecular formula is C23H19F3N2O4. The number of hydrogen-bond acceptors (Lipinski definition) is 5. The number of methoxy groups -OCH3 is 1. The van der Waals surface area contributed by atoms with Gasteiger partial charge in [-0.05, 0) is 66.9 Å². The van der Waals surface area contributed by atoms with Gasteiger partial charge in [0.1, 0.15) is 0 Å². The van der Waals surface area contributed by atoms with Gasteiger partial charge in [0.15, 0.2) is 11.5 Å². The molecule has 0 heterocycles. The van der Waals surface area contributed by atoms with Gasteiger partial charge in [-0.15, -0.1) is 0 Å². The Balaban J connectivity index is 1.91. The maximum Gasteiger partial charge on any atom is 0.416 e. The summed E-state index contributed by atoms with van der Waals surface area (Å²) in [7, 11) is 1.38. The van der Waals surface area contributed by atoms with Crippen molar-refractivity contribution in [3.05, 3.63) is 87.0 Å². The third-order valence-electron chi connectivity index (χ3n) is 4.61. The van der Waals surface area contributed by atoms with Crippen LogP contribution in [-0.4, -0.2) is 18.2 Å². The smallest absolute Gasteiger partial charge is 0.416 e. The molecule has 0 amide bonds. The number of hydrogen-bond donors (Lipinski definition) is 0. The highest BCUT2D eigenvalue weighted by atomic mass is 19.4.